The summed E-state index contributed by atoms with van der Waals surface area (Å²) in [5.41, 5.74) is 4.95. The van der Waals surface area contributed by atoms with Gasteiger partial charge in [0.15, 0.2) is 4.34 Å². The van der Waals surface area contributed by atoms with Crippen LogP contribution < -0.4 is 5.73 Å². The maximum atomic E-state index is 8.69. The van der Waals surface area contributed by atoms with Crippen LogP contribution >= 0.6 is 23.1 Å². The maximum Gasteiger partial charge on any atom is 0.174 e. The maximum absolute atomic E-state index is 8.69. The molecular formula is C8H12N4S2. The Bertz CT molecular complexity index is 339. The standard InChI is InChI=1S/C8H12N4S2/c1-6-11-12-7(14-6)13-4-3-8(2,10)5-9/h3-4,10H2,1-2H3. The Balaban J connectivity index is 2.33. The van der Waals surface area contributed by atoms with Gasteiger partial charge in [0.2, 0.25) is 0 Å². The van der Waals surface area contributed by atoms with Crippen LogP contribution in [0.5, 0.6) is 0 Å². The molecule has 0 fully saturated rings. The van der Waals surface area contributed by atoms with E-state index in [2.05, 4.69) is 16.3 Å². The zero-order valence-corrected chi connectivity index (χ0v) is 9.78. The molecule has 0 saturated heterocycles. The molecule has 0 spiro atoms. The van der Waals surface area contributed by atoms with E-state index < -0.39 is 5.54 Å². The van der Waals surface area contributed by atoms with Crippen LogP contribution in [0, 0.1) is 18.3 Å². The first kappa shape index (κ1) is 11.4. The normalized spacial score (nSPS) is 14.7. The topological polar surface area (TPSA) is 75.6 Å². The van der Waals surface area contributed by atoms with E-state index in [9.17, 15) is 0 Å². The van der Waals surface area contributed by atoms with Gasteiger partial charge in [-0.2, -0.15) is 5.26 Å². The molecule has 0 amide bonds. The van der Waals surface area contributed by atoms with Crippen LogP contribution in [0.1, 0.15) is 18.4 Å². The van der Waals surface area contributed by atoms with E-state index in [4.69, 9.17) is 11.0 Å². The predicted molar refractivity (Wildman–Crippen MR) is 58.2 cm³/mol. The van der Waals surface area contributed by atoms with Gasteiger partial charge in [0.1, 0.15) is 10.5 Å². The van der Waals surface area contributed by atoms with Crippen molar-refractivity contribution in [3.8, 4) is 6.07 Å². The molecule has 14 heavy (non-hydrogen) atoms. The van der Waals surface area contributed by atoms with Crippen molar-refractivity contribution in [2.24, 2.45) is 5.73 Å². The minimum Gasteiger partial charge on any atom is -0.314 e. The molecule has 1 unspecified atom stereocenters. The van der Waals surface area contributed by atoms with Gasteiger partial charge in [0, 0.05) is 5.75 Å². The Morgan fingerprint density at radius 1 is 1.64 bits per heavy atom. The highest BCUT2D eigenvalue weighted by molar-refractivity contribution is 8.01. The molecule has 76 valence electrons. The number of aryl methyl sites for hydroxylation is 1. The largest absolute Gasteiger partial charge is 0.314 e. The van der Waals surface area contributed by atoms with Crippen LogP contribution in [0.3, 0.4) is 0 Å². The van der Waals surface area contributed by atoms with Gasteiger partial charge in [-0.3, -0.25) is 0 Å². The van der Waals surface area contributed by atoms with E-state index in [0.717, 1.165) is 15.1 Å². The fourth-order valence-electron chi connectivity index (χ4n) is 0.743. The minimum atomic E-state index is -0.729. The Kier molecular flexibility index (Phi) is 3.86. The predicted octanol–water partition coefficient (Wildman–Crippen LogP) is 1.57. The van der Waals surface area contributed by atoms with E-state index in [1.54, 1.807) is 30.0 Å². The Hall–Kier alpha value is -0.640. The lowest BCUT2D eigenvalue weighted by atomic mass is 10.0. The zero-order chi connectivity index (χ0) is 10.6. The van der Waals surface area contributed by atoms with Crippen LogP contribution in [0.15, 0.2) is 4.34 Å². The molecule has 1 aromatic heterocycles. The molecule has 1 rings (SSSR count). The fraction of sp³-hybridized carbons (Fsp3) is 0.625. The molecule has 1 atom stereocenters. The van der Waals surface area contributed by atoms with Crippen LogP contribution in [-0.2, 0) is 0 Å². The molecule has 2 N–H and O–H groups in total. The van der Waals surface area contributed by atoms with Gasteiger partial charge in [-0.15, -0.1) is 10.2 Å². The molecule has 0 aromatic carbocycles. The Morgan fingerprint density at radius 2 is 2.36 bits per heavy atom. The molecule has 1 heterocycles. The van der Waals surface area contributed by atoms with E-state index in [0.29, 0.717) is 6.42 Å². The molecule has 0 aliphatic heterocycles. The first-order valence-corrected chi connectivity index (χ1v) is 5.97. The number of nitriles is 1. The van der Waals surface area contributed by atoms with Gasteiger partial charge in [0.05, 0.1) is 6.07 Å². The number of aromatic nitrogens is 2. The highest BCUT2D eigenvalue weighted by Crippen LogP contribution is 2.23. The fourth-order valence-corrected chi connectivity index (χ4v) is 2.81. The Labute approximate surface area is 91.5 Å². The van der Waals surface area contributed by atoms with E-state index in [1.165, 1.54) is 0 Å². The number of nitrogens with zero attached hydrogens (tertiary/aromatic N) is 3. The van der Waals surface area contributed by atoms with Crippen LogP contribution in [-0.4, -0.2) is 21.5 Å². The molecule has 0 saturated carbocycles. The summed E-state index contributed by atoms with van der Waals surface area (Å²) in [6.45, 7) is 3.66. The molecule has 4 nitrogen and oxygen atoms in total. The summed E-state index contributed by atoms with van der Waals surface area (Å²) in [4.78, 5) is 0. The van der Waals surface area contributed by atoms with Crippen molar-refractivity contribution in [2.75, 3.05) is 5.75 Å². The third-order valence-electron chi connectivity index (χ3n) is 1.61. The first-order chi connectivity index (χ1) is 6.53. The highest BCUT2D eigenvalue weighted by atomic mass is 32.2. The molecule has 0 radical (unpaired) electrons. The molecule has 0 aliphatic carbocycles. The average molecular weight is 228 g/mol. The molecule has 6 heteroatoms. The number of thioether (sulfide) groups is 1. The quantitative estimate of drug-likeness (QED) is 0.792. The minimum absolute atomic E-state index is 0.660. The van der Waals surface area contributed by atoms with E-state index >= 15 is 0 Å². The molecular weight excluding hydrogens is 216 g/mol. The van der Waals surface area contributed by atoms with Gasteiger partial charge < -0.3 is 5.73 Å². The van der Waals surface area contributed by atoms with Crippen molar-refractivity contribution >= 4 is 23.1 Å². The SMILES string of the molecule is Cc1nnc(SCCC(C)(N)C#N)s1. The van der Waals surface area contributed by atoms with Crippen LogP contribution in [0.25, 0.3) is 0 Å². The third-order valence-corrected chi connectivity index (χ3v) is 3.58. The third kappa shape index (κ3) is 3.62. The lowest BCUT2D eigenvalue weighted by Gasteiger charge is -2.13. The monoisotopic (exact) mass is 228 g/mol. The van der Waals surface area contributed by atoms with Gasteiger partial charge in [0.25, 0.3) is 0 Å². The summed E-state index contributed by atoms with van der Waals surface area (Å²) >= 11 is 3.16. The van der Waals surface area contributed by atoms with Crippen LogP contribution in [0.4, 0.5) is 0 Å². The van der Waals surface area contributed by atoms with Crippen LogP contribution in [0.2, 0.25) is 0 Å². The lowest BCUT2D eigenvalue weighted by molar-refractivity contribution is 0.583. The number of hydrogen-bond donors (Lipinski definition) is 1. The van der Waals surface area contributed by atoms with Crippen molar-refractivity contribution in [3.05, 3.63) is 5.01 Å². The summed E-state index contributed by atoms with van der Waals surface area (Å²) in [6.07, 6.45) is 0.660. The Morgan fingerprint density at radius 3 is 2.86 bits per heavy atom. The molecule has 1 aromatic rings. The van der Waals surface area contributed by atoms with Crippen molar-refractivity contribution < 1.29 is 0 Å². The van der Waals surface area contributed by atoms with Gasteiger partial charge in [-0.25, -0.2) is 0 Å². The van der Waals surface area contributed by atoms with Crippen molar-refractivity contribution in [1.29, 1.82) is 5.26 Å². The van der Waals surface area contributed by atoms with Gasteiger partial charge in [-0.1, -0.05) is 23.1 Å². The second-order valence-corrected chi connectivity index (χ2v) is 5.74. The summed E-state index contributed by atoms with van der Waals surface area (Å²) < 4.78 is 0.941. The summed E-state index contributed by atoms with van der Waals surface area (Å²) in [7, 11) is 0. The smallest absolute Gasteiger partial charge is 0.174 e. The second-order valence-electron chi connectivity index (χ2n) is 3.21. The van der Waals surface area contributed by atoms with Crippen molar-refractivity contribution in [1.82, 2.24) is 10.2 Å². The first-order valence-electron chi connectivity index (χ1n) is 4.16. The zero-order valence-electron chi connectivity index (χ0n) is 8.15. The van der Waals surface area contributed by atoms with Gasteiger partial charge >= 0.3 is 0 Å². The summed E-state index contributed by atoms with van der Waals surface area (Å²) in [5, 5.41) is 17.5. The number of rotatable bonds is 4. The molecule has 0 aliphatic rings. The van der Waals surface area contributed by atoms with Crippen molar-refractivity contribution in [3.63, 3.8) is 0 Å². The summed E-state index contributed by atoms with van der Waals surface area (Å²) in [5.74, 6) is 0.801. The second kappa shape index (κ2) is 4.73. The number of hydrogen-bond acceptors (Lipinski definition) is 6. The highest BCUT2D eigenvalue weighted by Gasteiger charge is 2.16. The van der Waals surface area contributed by atoms with E-state index in [1.807, 2.05) is 6.92 Å². The van der Waals surface area contributed by atoms with Gasteiger partial charge in [-0.05, 0) is 20.3 Å². The van der Waals surface area contributed by atoms with Crippen molar-refractivity contribution in [2.45, 2.75) is 30.1 Å². The van der Waals surface area contributed by atoms with E-state index in [-0.39, 0.29) is 0 Å². The lowest BCUT2D eigenvalue weighted by Crippen LogP contribution is -2.34. The average Bonchev–Trinajstić information content (AvgIpc) is 2.51. The number of nitrogens with two attached hydrogens (primary N) is 1. The molecule has 0 bridgehead atoms. The summed E-state index contributed by atoms with van der Waals surface area (Å²) in [6, 6.07) is 2.06.